The van der Waals surface area contributed by atoms with E-state index in [1.807, 2.05) is 24.3 Å². The Morgan fingerprint density at radius 1 is 1.38 bits per heavy atom. The van der Waals surface area contributed by atoms with Crippen LogP contribution in [0.1, 0.15) is 50.7 Å². The van der Waals surface area contributed by atoms with E-state index in [9.17, 15) is 5.11 Å². The molecule has 0 saturated heterocycles. The van der Waals surface area contributed by atoms with Crippen LogP contribution < -0.4 is 0 Å². The van der Waals surface area contributed by atoms with E-state index in [0.717, 1.165) is 24.8 Å². The molecule has 1 unspecified atom stereocenters. The molecule has 1 aliphatic rings. The summed E-state index contributed by atoms with van der Waals surface area (Å²) in [7, 11) is 0. The minimum absolute atomic E-state index is 0.0880. The van der Waals surface area contributed by atoms with E-state index < -0.39 is 0 Å². The molecular weight excluding hydrogens is 220 g/mol. The van der Waals surface area contributed by atoms with E-state index in [-0.39, 0.29) is 11.5 Å². The lowest BCUT2D eigenvalue weighted by molar-refractivity contribution is 0.0238. The highest BCUT2D eigenvalue weighted by Gasteiger charge is 2.39. The van der Waals surface area contributed by atoms with Crippen molar-refractivity contribution < 1.29 is 5.11 Å². The Balaban J connectivity index is 2.26. The molecule has 0 aliphatic heterocycles. The molecule has 0 spiro atoms. The molecule has 88 valence electrons. The van der Waals surface area contributed by atoms with Gasteiger partial charge in [-0.25, -0.2) is 0 Å². The molecule has 1 fully saturated rings. The van der Waals surface area contributed by atoms with Crippen LogP contribution in [-0.4, -0.2) is 5.11 Å². The largest absolute Gasteiger partial charge is 0.388 e. The van der Waals surface area contributed by atoms with Crippen LogP contribution in [0.4, 0.5) is 0 Å². The van der Waals surface area contributed by atoms with Crippen molar-refractivity contribution in [3.63, 3.8) is 0 Å². The maximum atomic E-state index is 10.5. The summed E-state index contributed by atoms with van der Waals surface area (Å²) in [4.78, 5) is 0. The molecular formula is C14H19ClO. The minimum Gasteiger partial charge on any atom is -0.388 e. The summed E-state index contributed by atoms with van der Waals surface area (Å²) < 4.78 is 0. The smallest absolute Gasteiger partial charge is 0.0846 e. The van der Waals surface area contributed by atoms with E-state index in [2.05, 4.69) is 6.92 Å². The van der Waals surface area contributed by atoms with Crippen LogP contribution in [0.25, 0.3) is 0 Å². The van der Waals surface area contributed by atoms with Gasteiger partial charge >= 0.3 is 0 Å². The number of hydrogen-bond donors (Lipinski definition) is 1. The molecule has 1 atom stereocenters. The van der Waals surface area contributed by atoms with Gasteiger partial charge in [0.15, 0.2) is 0 Å². The summed E-state index contributed by atoms with van der Waals surface area (Å²) in [5, 5.41) is 11.2. The van der Waals surface area contributed by atoms with E-state index in [1.165, 1.54) is 12.8 Å². The summed E-state index contributed by atoms with van der Waals surface area (Å²) in [6, 6.07) is 7.64. The first-order valence-corrected chi connectivity index (χ1v) is 6.49. The highest BCUT2D eigenvalue weighted by molar-refractivity contribution is 6.30. The molecule has 1 saturated carbocycles. The molecule has 0 heterocycles. The highest BCUT2D eigenvalue weighted by Crippen LogP contribution is 2.50. The fraction of sp³-hybridized carbons (Fsp3) is 0.571. The molecule has 1 nitrogen and oxygen atoms in total. The van der Waals surface area contributed by atoms with Gasteiger partial charge in [-0.2, -0.15) is 0 Å². The second kappa shape index (κ2) is 4.77. The van der Waals surface area contributed by atoms with Gasteiger partial charge in [0.2, 0.25) is 0 Å². The van der Waals surface area contributed by atoms with Crippen LogP contribution in [0.2, 0.25) is 5.02 Å². The summed E-state index contributed by atoms with van der Waals surface area (Å²) in [5.41, 5.74) is 1.06. The Morgan fingerprint density at radius 3 is 2.62 bits per heavy atom. The molecule has 2 heteroatoms. The van der Waals surface area contributed by atoms with Crippen molar-refractivity contribution >= 4 is 11.6 Å². The SMILES string of the molecule is CCC1(C(O)c2cccc(Cl)c2)CCCC1. The van der Waals surface area contributed by atoms with Crippen LogP contribution in [0.15, 0.2) is 24.3 Å². The van der Waals surface area contributed by atoms with Crippen LogP contribution in [-0.2, 0) is 0 Å². The van der Waals surface area contributed by atoms with Crippen LogP contribution in [0.3, 0.4) is 0 Å². The number of halogens is 1. The monoisotopic (exact) mass is 238 g/mol. The standard InChI is InChI=1S/C14H19ClO/c1-2-14(8-3-4-9-14)13(16)11-6-5-7-12(15)10-11/h5-7,10,13,16H,2-4,8-9H2,1H3. The third-order valence-corrected chi connectivity index (χ3v) is 4.28. The topological polar surface area (TPSA) is 20.2 Å². The van der Waals surface area contributed by atoms with Gasteiger partial charge in [0, 0.05) is 10.4 Å². The van der Waals surface area contributed by atoms with Gasteiger partial charge in [-0.15, -0.1) is 0 Å². The number of hydrogen-bond acceptors (Lipinski definition) is 1. The zero-order valence-electron chi connectivity index (χ0n) is 9.75. The van der Waals surface area contributed by atoms with E-state index >= 15 is 0 Å². The van der Waals surface area contributed by atoms with Crippen molar-refractivity contribution in [3.05, 3.63) is 34.9 Å². The van der Waals surface area contributed by atoms with Gasteiger partial charge in [-0.05, 0) is 37.0 Å². The van der Waals surface area contributed by atoms with Gasteiger partial charge in [0.25, 0.3) is 0 Å². The molecule has 1 aromatic carbocycles. The van der Waals surface area contributed by atoms with Crippen molar-refractivity contribution in [1.29, 1.82) is 0 Å². The van der Waals surface area contributed by atoms with Crippen LogP contribution in [0.5, 0.6) is 0 Å². The molecule has 0 bridgehead atoms. The predicted molar refractivity (Wildman–Crippen MR) is 67.6 cm³/mol. The van der Waals surface area contributed by atoms with Crippen molar-refractivity contribution in [3.8, 4) is 0 Å². The number of aliphatic hydroxyl groups excluding tert-OH is 1. The van der Waals surface area contributed by atoms with Gasteiger partial charge in [-0.3, -0.25) is 0 Å². The molecule has 1 aromatic rings. The lowest BCUT2D eigenvalue weighted by Crippen LogP contribution is -2.25. The zero-order valence-corrected chi connectivity index (χ0v) is 10.5. The van der Waals surface area contributed by atoms with Crippen LogP contribution >= 0.6 is 11.6 Å². The summed E-state index contributed by atoms with van der Waals surface area (Å²) in [6.45, 7) is 2.18. The summed E-state index contributed by atoms with van der Waals surface area (Å²) >= 11 is 5.97. The lowest BCUT2D eigenvalue weighted by atomic mass is 9.75. The molecule has 0 aromatic heterocycles. The van der Waals surface area contributed by atoms with Gasteiger partial charge in [0.05, 0.1) is 6.10 Å². The summed E-state index contributed by atoms with van der Waals surface area (Å²) in [6.07, 6.45) is 5.44. The quantitative estimate of drug-likeness (QED) is 0.831. The van der Waals surface area contributed by atoms with Crippen molar-refractivity contribution in [1.82, 2.24) is 0 Å². The maximum Gasteiger partial charge on any atom is 0.0846 e. The first-order valence-electron chi connectivity index (χ1n) is 6.11. The molecule has 1 N–H and O–H groups in total. The third kappa shape index (κ3) is 2.11. The fourth-order valence-electron chi connectivity index (χ4n) is 2.93. The van der Waals surface area contributed by atoms with E-state index in [4.69, 9.17) is 11.6 Å². The summed E-state index contributed by atoms with van der Waals surface area (Å²) in [5.74, 6) is 0. The average molecular weight is 239 g/mol. The Labute approximate surface area is 102 Å². The molecule has 1 aliphatic carbocycles. The van der Waals surface area contributed by atoms with Gasteiger partial charge in [-0.1, -0.05) is 43.5 Å². The zero-order chi connectivity index (χ0) is 11.6. The molecule has 16 heavy (non-hydrogen) atoms. The fourth-order valence-corrected chi connectivity index (χ4v) is 3.13. The molecule has 2 rings (SSSR count). The second-order valence-corrected chi connectivity index (χ2v) is 5.32. The Morgan fingerprint density at radius 2 is 2.06 bits per heavy atom. The number of benzene rings is 1. The molecule has 0 radical (unpaired) electrons. The Hall–Kier alpha value is -0.530. The predicted octanol–water partition coefficient (Wildman–Crippen LogP) is 4.34. The van der Waals surface area contributed by atoms with Crippen molar-refractivity contribution in [2.45, 2.75) is 45.1 Å². The molecule has 0 amide bonds. The third-order valence-electron chi connectivity index (χ3n) is 4.05. The number of rotatable bonds is 3. The number of aliphatic hydroxyl groups is 1. The Bertz CT molecular complexity index is 356. The van der Waals surface area contributed by atoms with Crippen molar-refractivity contribution in [2.75, 3.05) is 0 Å². The van der Waals surface area contributed by atoms with E-state index in [0.29, 0.717) is 5.02 Å². The lowest BCUT2D eigenvalue weighted by Gasteiger charge is -2.33. The van der Waals surface area contributed by atoms with E-state index in [1.54, 1.807) is 0 Å². The average Bonchev–Trinajstić information content (AvgIpc) is 2.78. The second-order valence-electron chi connectivity index (χ2n) is 4.88. The van der Waals surface area contributed by atoms with Gasteiger partial charge in [0.1, 0.15) is 0 Å². The minimum atomic E-state index is -0.362. The Kier molecular flexibility index (Phi) is 3.56. The first kappa shape index (κ1) is 11.9. The van der Waals surface area contributed by atoms with Crippen LogP contribution in [0, 0.1) is 5.41 Å². The normalized spacial score (nSPS) is 20.9. The van der Waals surface area contributed by atoms with Gasteiger partial charge < -0.3 is 5.11 Å². The first-order chi connectivity index (χ1) is 7.68. The van der Waals surface area contributed by atoms with Crippen molar-refractivity contribution in [2.24, 2.45) is 5.41 Å². The maximum absolute atomic E-state index is 10.5. The highest BCUT2D eigenvalue weighted by atomic mass is 35.5.